The van der Waals surface area contributed by atoms with E-state index in [2.05, 4.69) is 5.32 Å². The van der Waals surface area contributed by atoms with Gasteiger partial charge in [0.15, 0.2) is 0 Å². The number of hydrogen-bond donors (Lipinski definition) is 1. The predicted molar refractivity (Wildman–Crippen MR) is 78.8 cm³/mol. The number of rotatable bonds is 4. The number of nitrogens with one attached hydrogen (secondary N) is 1. The van der Waals surface area contributed by atoms with Crippen LogP contribution in [0, 0.1) is 5.92 Å². The average Bonchev–Trinajstić information content (AvgIpc) is 2.83. The van der Waals surface area contributed by atoms with E-state index in [1.54, 1.807) is 18.2 Å². The van der Waals surface area contributed by atoms with Crippen molar-refractivity contribution in [3.63, 3.8) is 0 Å². The van der Waals surface area contributed by atoms with Crippen LogP contribution in [-0.2, 0) is 11.2 Å². The third-order valence-electron chi connectivity index (χ3n) is 3.48. The number of likely N-dealkylation sites (tertiary alicyclic amines) is 1. The first kappa shape index (κ1) is 14.6. The van der Waals surface area contributed by atoms with Gasteiger partial charge in [0.2, 0.25) is 5.91 Å². The predicted octanol–water partition coefficient (Wildman–Crippen LogP) is 2.60. The Hall–Kier alpha value is -0.770. The van der Waals surface area contributed by atoms with Gasteiger partial charge in [0.1, 0.15) is 0 Å². The maximum absolute atomic E-state index is 12.2. The molecule has 0 aromatic heterocycles. The Balaban J connectivity index is 1.96. The lowest BCUT2D eigenvalue weighted by Crippen LogP contribution is -2.31. The fraction of sp³-hybridized carbons (Fsp3) is 0.500. The van der Waals surface area contributed by atoms with Gasteiger partial charge in [0.25, 0.3) is 0 Å². The van der Waals surface area contributed by atoms with Crippen LogP contribution in [0.15, 0.2) is 18.2 Å². The molecule has 0 bridgehead atoms. The van der Waals surface area contributed by atoms with E-state index in [4.69, 9.17) is 23.2 Å². The fourth-order valence-corrected chi connectivity index (χ4v) is 2.85. The Kier molecular flexibility index (Phi) is 5.08. The Morgan fingerprint density at radius 1 is 1.47 bits per heavy atom. The lowest BCUT2D eigenvalue weighted by atomic mass is 10.1. The van der Waals surface area contributed by atoms with Crippen LogP contribution in [0.3, 0.4) is 0 Å². The highest BCUT2D eigenvalue weighted by atomic mass is 35.5. The number of halogens is 2. The highest BCUT2D eigenvalue weighted by Gasteiger charge is 2.25. The number of nitrogens with zero attached hydrogens (tertiary/aromatic N) is 1. The zero-order chi connectivity index (χ0) is 13.8. The van der Waals surface area contributed by atoms with E-state index < -0.39 is 0 Å². The topological polar surface area (TPSA) is 32.3 Å². The summed E-state index contributed by atoms with van der Waals surface area (Å²) < 4.78 is 0. The van der Waals surface area contributed by atoms with E-state index in [1.165, 1.54) is 0 Å². The van der Waals surface area contributed by atoms with Crippen LogP contribution in [0.2, 0.25) is 10.0 Å². The molecule has 1 fully saturated rings. The number of carbonyl (C=O) groups is 1. The van der Waals surface area contributed by atoms with E-state index in [1.807, 2.05) is 11.9 Å². The molecule has 0 aliphatic carbocycles. The summed E-state index contributed by atoms with van der Waals surface area (Å²) in [6.07, 6.45) is 1.39. The molecule has 0 saturated carbocycles. The zero-order valence-corrected chi connectivity index (χ0v) is 12.5. The fourth-order valence-electron chi connectivity index (χ4n) is 2.47. The maximum atomic E-state index is 12.2. The highest BCUT2D eigenvalue weighted by Crippen LogP contribution is 2.23. The van der Waals surface area contributed by atoms with Gasteiger partial charge in [-0.1, -0.05) is 23.2 Å². The summed E-state index contributed by atoms with van der Waals surface area (Å²) >= 11 is 12.0. The third kappa shape index (κ3) is 3.85. The molecule has 3 nitrogen and oxygen atoms in total. The minimum absolute atomic E-state index is 0.128. The molecule has 0 radical (unpaired) electrons. The van der Waals surface area contributed by atoms with Crippen molar-refractivity contribution in [2.45, 2.75) is 12.8 Å². The Morgan fingerprint density at radius 3 is 3.00 bits per heavy atom. The average molecular weight is 301 g/mol. The van der Waals surface area contributed by atoms with Crippen molar-refractivity contribution in [3.8, 4) is 0 Å². The molecule has 1 atom stereocenters. The summed E-state index contributed by atoms with van der Waals surface area (Å²) in [6, 6.07) is 5.24. The highest BCUT2D eigenvalue weighted by molar-refractivity contribution is 6.33. The minimum atomic E-state index is 0.128. The van der Waals surface area contributed by atoms with Crippen molar-refractivity contribution in [2.24, 2.45) is 5.92 Å². The Morgan fingerprint density at radius 2 is 2.26 bits per heavy atom. The van der Waals surface area contributed by atoms with Gasteiger partial charge in [-0.05, 0) is 49.7 Å². The van der Waals surface area contributed by atoms with Crippen molar-refractivity contribution in [3.05, 3.63) is 33.8 Å². The molecule has 1 heterocycles. The van der Waals surface area contributed by atoms with Crippen LogP contribution in [0.4, 0.5) is 0 Å². The van der Waals surface area contributed by atoms with Gasteiger partial charge in [-0.2, -0.15) is 0 Å². The van der Waals surface area contributed by atoms with Crippen molar-refractivity contribution in [1.29, 1.82) is 0 Å². The molecule has 1 aromatic carbocycles. The molecule has 5 heteroatoms. The summed E-state index contributed by atoms with van der Waals surface area (Å²) in [6.45, 7) is 2.63. The Bertz CT molecular complexity index is 465. The Labute approximate surface area is 123 Å². The monoisotopic (exact) mass is 300 g/mol. The van der Waals surface area contributed by atoms with Gasteiger partial charge in [-0.15, -0.1) is 0 Å². The van der Waals surface area contributed by atoms with Crippen LogP contribution < -0.4 is 5.32 Å². The summed E-state index contributed by atoms with van der Waals surface area (Å²) in [5, 5.41) is 4.37. The summed E-state index contributed by atoms with van der Waals surface area (Å²) in [5.41, 5.74) is 0.802. The first-order valence-electron chi connectivity index (χ1n) is 6.46. The van der Waals surface area contributed by atoms with Crippen molar-refractivity contribution < 1.29 is 4.79 Å². The maximum Gasteiger partial charge on any atom is 0.227 e. The number of amides is 1. The molecule has 0 unspecified atom stereocenters. The second-order valence-electron chi connectivity index (χ2n) is 4.96. The minimum Gasteiger partial charge on any atom is -0.342 e. The largest absolute Gasteiger partial charge is 0.342 e. The van der Waals surface area contributed by atoms with Crippen molar-refractivity contribution in [1.82, 2.24) is 10.2 Å². The molecule has 1 aliphatic heterocycles. The number of benzene rings is 1. The van der Waals surface area contributed by atoms with Crippen LogP contribution in [0.5, 0.6) is 0 Å². The van der Waals surface area contributed by atoms with Gasteiger partial charge in [0, 0.05) is 23.1 Å². The van der Waals surface area contributed by atoms with Gasteiger partial charge in [-0.25, -0.2) is 0 Å². The summed E-state index contributed by atoms with van der Waals surface area (Å²) in [7, 11) is 1.94. The molecule has 19 heavy (non-hydrogen) atoms. The molecule has 0 spiro atoms. The lowest BCUT2D eigenvalue weighted by Gasteiger charge is -2.17. The summed E-state index contributed by atoms with van der Waals surface area (Å²) in [4.78, 5) is 14.1. The smallest absolute Gasteiger partial charge is 0.227 e. The normalized spacial score (nSPS) is 18.9. The quantitative estimate of drug-likeness (QED) is 0.927. The van der Waals surface area contributed by atoms with Crippen LogP contribution in [-0.4, -0.2) is 37.5 Å². The molecule has 1 aliphatic rings. The summed E-state index contributed by atoms with van der Waals surface area (Å²) in [5.74, 6) is 0.687. The molecule has 2 rings (SSSR count). The SMILES string of the molecule is CNC[C@H]1CCN(C(=O)Cc2cc(Cl)ccc2Cl)C1. The molecule has 1 saturated heterocycles. The van der Waals surface area contributed by atoms with Crippen LogP contribution >= 0.6 is 23.2 Å². The lowest BCUT2D eigenvalue weighted by molar-refractivity contribution is -0.129. The first-order valence-corrected chi connectivity index (χ1v) is 7.22. The van der Waals surface area contributed by atoms with E-state index in [9.17, 15) is 4.79 Å². The molecular formula is C14H18Cl2N2O. The standard InChI is InChI=1S/C14H18Cl2N2O/c1-17-8-10-4-5-18(9-10)14(19)7-11-6-12(15)2-3-13(11)16/h2-3,6,10,17H,4-5,7-9H2,1H3/t10-/m1/s1. The van der Waals surface area contributed by atoms with E-state index in [-0.39, 0.29) is 5.91 Å². The van der Waals surface area contributed by atoms with E-state index in [0.29, 0.717) is 22.4 Å². The zero-order valence-electron chi connectivity index (χ0n) is 11.0. The second-order valence-corrected chi connectivity index (χ2v) is 5.81. The van der Waals surface area contributed by atoms with Crippen LogP contribution in [0.1, 0.15) is 12.0 Å². The van der Waals surface area contributed by atoms with Crippen molar-refractivity contribution >= 4 is 29.1 Å². The van der Waals surface area contributed by atoms with Gasteiger partial charge >= 0.3 is 0 Å². The molecular weight excluding hydrogens is 283 g/mol. The molecule has 1 N–H and O–H groups in total. The molecule has 1 aromatic rings. The number of carbonyl (C=O) groups excluding carboxylic acids is 1. The van der Waals surface area contributed by atoms with Gasteiger partial charge < -0.3 is 10.2 Å². The van der Waals surface area contributed by atoms with Gasteiger partial charge in [0.05, 0.1) is 6.42 Å². The molecule has 1 amide bonds. The second kappa shape index (κ2) is 6.60. The van der Waals surface area contributed by atoms with E-state index in [0.717, 1.165) is 31.6 Å². The van der Waals surface area contributed by atoms with Gasteiger partial charge in [-0.3, -0.25) is 4.79 Å². The van der Waals surface area contributed by atoms with Crippen molar-refractivity contribution in [2.75, 3.05) is 26.7 Å². The molecule has 104 valence electrons. The number of hydrogen-bond acceptors (Lipinski definition) is 2. The first-order chi connectivity index (χ1) is 9.10. The van der Waals surface area contributed by atoms with Crippen LogP contribution in [0.25, 0.3) is 0 Å². The third-order valence-corrected chi connectivity index (χ3v) is 4.08. The van der Waals surface area contributed by atoms with E-state index >= 15 is 0 Å².